The Bertz CT molecular complexity index is 860. The van der Waals surface area contributed by atoms with Crippen LogP contribution in [0.1, 0.15) is 44.1 Å². The van der Waals surface area contributed by atoms with E-state index >= 15 is 0 Å². The summed E-state index contributed by atoms with van der Waals surface area (Å²) in [6.07, 6.45) is 5.56. The lowest BCUT2D eigenvalue weighted by molar-refractivity contribution is 0.0577. The van der Waals surface area contributed by atoms with Gasteiger partial charge in [-0.25, -0.2) is 14.8 Å². The van der Waals surface area contributed by atoms with Crippen molar-refractivity contribution in [1.82, 2.24) is 14.4 Å². The van der Waals surface area contributed by atoms with E-state index in [1.54, 1.807) is 9.30 Å². The third-order valence-electron chi connectivity index (χ3n) is 4.12. The molecule has 0 aromatic carbocycles. The predicted molar refractivity (Wildman–Crippen MR) is 103 cm³/mol. The summed E-state index contributed by atoms with van der Waals surface area (Å²) in [6, 6.07) is 0.0643. The summed E-state index contributed by atoms with van der Waals surface area (Å²) >= 11 is 0. The first kappa shape index (κ1) is 18.6. The van der Waals surface area contributed by atoms with Gasteiger partial charge in [0.25, 0.3) is 0 Å². The van der Waals surface area contributed by atoms with E-state index in [0.29, 0.717) is 17.2 Å². The maximum Gasteiger partial charge on any atom is 0.416 e. The van der Waals surface area contributed by atoms with Crippen LogP contribution in [0.4, 0.5) is 10.6 Å². The van der Waals surface area contributed by atoms with Gasteiger partial charge >= 0.3 is 6.09 Å². The first-order valence-electron chi connectivity index (χ1n) is 8.87. The standard InChI is InChI=1S/C18H26N4O3Si/c1-18(2,3)25-17(24)22(12-7-8-12)16-15-19-9-13(11-23)21(15)10-14(20-16)26(4,5)6/h9-12H,7-8H2,1-6H3. The zero-order chi connectivity index (χ0) is 19.3. The highest BCUT2D eigenvalue weighted by atomic mass is 28.3. The minimum absolute atomic E-state index is 0.0643. The summed E-state index contributed by atoms with van der Waals surface area (Å²) in [5, 5.41) is 0.912. The Morgan fingerprint density at radius 1 is 1.35 bits per heavy atom. The zero-order valence-corrected chi connectivity index (χ0v) is 17.2. The highest BCUT2D eigenvalue weighted by Gasteiger charge is 2.39. The van der Waals surface area contributed by atoms with Crippen LogP contribution in [-0.4, -0.2) is 46.5 Å². The maximum absolute atomic E-state index is 12.9. The average molecular weight is 375 g/mol. The van der Waals surface area contributed by atoms with Crippen LogP contribution < -0.4 is 10.2 Å². The molecule has 0 N–H and O–H groups in total. The predicted octanol–water partition coefficient (Wildman–Crippen LogP) is 2.99. The van der Waals surface area contributed by atoms with Gasteiger partial charge in [-0.05, 0) is 33.6 Å². The van der Waals surface area contributed by atoms with Gasteiger partial charge in [0.1, 0.15) is 19.4 Å². The molecule has 1 fully saturated rings. The zero-order valence-electron chi connectivity index (χ0n) is 16.2. The van der Waals surface area contributed by atoms with Crippen molar-refractivity contribution in [2.75, 3.05) is 4.90 Å². The number of hydrogen-bond donors (Lipinski definition) is 0. The van der Waals surface area contributed by atoms with Crippen molar-refractivity contribution in [2.24, 2.45) is 0 Å². The third-order valence-corrected chi connectivity index (χ3v) is 5.90. The molecule has 0 aliphatic heterocycles. The van der Waals surface area contributed by atoms with Crippen molar-refractivity contribution >= 4 is 37.2 Å². The molecule has 26 heavy (non-hydrogen) atoms. The topological polar surface area (TPSA) is 76.8 Å². The van der Waals surface area contributed by atoms with E-state index < -0.39 is 19.8 Å². The number of nitrogens with zero attached hydrogens (tertiary/aromatic N) is 4. The third kappa shape index (κ3) is 3.65. The SMILES string of the molecule is CC(C)(C)OC(=O)N(c1nc([Si](C)(C)C)cn2c(C=O)cnc12)C1CC1. The molecular formula is C18H26N4O3Si. The second-order valence-corrected chi connectivity index (χ2v) is 13.8. The summed E-state index contributed by atoms with van der Waals surface area (Å²) in [5.74, 6) is 0.481. The van der Waals surface area contributed by atoms with E-state index in [1.807, 2.05) is 27.0 Å². The van der Waals surface area contributed by atoms with Crippen molar-refractivity contribution < 1.29 is 14.3 Å². The fourth-order valence-corrected chi connectivity index (χ4v) is 3.61. The first-order valence-corrected chi connectivity index (χ1v) is 12.4. The van der Waals surface area contributed by atoms with E-state index in [0.717, 1.165) is 24.4 Å². The molecule has 0 radical (unpaired) electrons. The number of ether oxygens (including phenoxy) is 1. The van der Waals surface area contributed by atoms with E-state index in [1.165, 1.54) is 6.20 Å². The summed E-state index contributed by atoms with van der Waals surface area (Å²) in [7, 11) is -1.79. The van der Waals surface area contributed by atoms with Gasteiger partial charge in [0.2, 0.25) is 0 Å². The van der Waals surface area contributed by atoms with Gasteiger partial charge in [-0.1, -0.05) is 19.6 Å². The van der Waals surface area contributed by atoms with Gasteiger partial charge < -0.3 is 4.74 Å². The number of aromatic nitrogens is 3. The summed E-state index contributed by atoms with van der Waals surface area (Å²) in [5.41, 5.74) is 0.357. The molecule has 1 saturated carbocycles. The molecule has 3 rings (SSSR count). The Kier molecular flexibility index (Phi) is 4.42. The summed E-state index contributed by atoms with van der Waals surface area (Å²) in [4.78, 5) is 35.1. The van der Waals surface area contributed by atoms with Gasteiger partial charge in [-0.15, -0.1) is 0 Å². The van der Waals surface area contributed by atoms with Crippen molar-refractivity contribution in [1.29, 1.82) is 0 Å². The average Bonchev–Trinajstić information content (AvgIpc) is 3.23. The Morgan fingerprint density at radius 3 is 2.50 bits per heavy atom. The number of fused-ring (bicyclic) bond motifs is 1. The van der Waals surface area contributed by atoms with E-state index in [4.69, 9.17) is 9.72 Å². The van der Waals surface area contributed by atoms with Crippen LogP contribution in [0.15, 0.2) is 12.4 Å². The van der Waals surface area contributed by atoms with E-state index in [9.17, 15) is 9.59 Å². The number of anilines is 1. The Balaban J connectivity index is 2.19. The number of carbonyl (C=O) groups is 2. The molecule has 0 saturated heterocycles. The van der Waals surface area contributed by atoms with Crippen LogP contribution in [0.3, 0.4) is 0 Å². The van der Waals surface area contributed by atoms with Gasteiger partial charge in [0.05, 0.1) is 6.20 Å². The van der Waals surface area contributed by atoms with Crippen LogP contribution in [0, 0.1) is 0 Å². The molecule has 2 heterocycles. The minimum atomic E-state index is -1.79. The second-order valence-electron chi connectivity index (χ2n) is 8.78. The van der Waals surface area contributed by atoms with Gasteiger partial charge in [-0.3, -0.25) is 14.1 Å². The number of imidazole rings is 1. The molecule has 1 aliphatic rings. The number of amides is 1. The van der Waals surface area contributed by atoms with Gasteiger partial charge in [0, 0.05) is 17.6 Å². The number of carbonyl (C=O) groups excluding carboxylic acids is 2. The molecular weight excluding hydrogens is 348 g/mol. The highest BCUT2D eigenvalue weighted by molar-refractivity contribution is 6.88. The van der Waals surface area contributed by atoms with Crippen LogP contribution in [0.25, 0.3) is 5.65 Å². The lowest BCUT2D eigenvalue weighted by atomic mass is 10.2. The molecule has 7 nitrogen and oxygen atoms in total. The fraction of sp³-hybridized carbons (Fsp3) is 0.556. The smallest absolute Gasteiger partial charge is 0.416 e. The van der Waals surface area contributed by atoms with Crippen LogP contribution >= 0.6 is 0 Å². The number of rotatable bonds is 4. The quantitative estimate of drug-likeness (QED) is 0.607. The van der Waals surface area contributed by atoms with E-state index in [-0.39, 0.29) is 6.04 Å². The molecule has 0 bridgehead atoms. The summed E-state index contributed by atoms with van der Waals surface area (Å²) in [6.45, 7) is 12.1. The van der Waals surface area contributed by atoms with Crippen molar-refractivity contribution in [3.8, 4) is 0 Å². The Morgan fingerprint density at radius 2 is 2.00 bits per heavy atom. The van der Waals surface area contributed by atoms with Crippen LogP contribution in [-0.2, 0) is 4.74 Å². The van der Waals surface area contributed by atoms with E-state index in [2.05, 4.69) is 24.6 Å². The van der Waals surface area contributed by atoms with Crippen molar-refractivity contribution in [3.05, 3.63) is 18.1 Å². The second kappa shape index (κ2) is 6.19. The molecule has 2 aromatic rings. The number of aldehydes is 1. The minimum Gasteiger partial charge on any atom is -0.443 e. The monoisotopic (exact) mass is 374 g/mol. The maximum atomic E-state index is 12.9. The fourth-order valence-electron chi connectivity index (χ4n) is 2.65. The largest absolute Gasteiger partial charge is 0.443 e. The van der Waals surface area contributed by atoms with Gasteiger partial charge in [0.15, 0.2) is 17.8 Å². The Labute approximate surface area is 154 Å². The molecule has 140 valence electrons. The van der Waals surface area contributed by atoms with Gasteiger partial charge in [-0.2, -0.15) is 0 Å². The molecule has 2 aromatic heterocycles. The van der Waals surface area contributed by atoms with Crippen molar-refractivity contribution in [3.63, 3.8) is 0 Å². The van der Waals surface area contributed by atoms with Crippen LogP contribution in [0.5, 0.6) is 0 Å². The molecule has 1 aliphatic carbocycles. The molecule has 0 unspecified atom stereocenters. The van der Waals surface area contributed by atoms with Crippen molar-refractivity contribution in [2.45, 2.75) is 64.9 Å². The Hall–Kier alpha value is -2.22. The molecule has 8 heteroatoms. The summed E-state index contributed by atoms with van der Waals surface area (Å²) < 4.78 is 7.35. The normalized spacial score (nSPS) is 15.2. The van der Waals surface area contributed by atoms with Crippen LogP contribution in [0.2, 0.25) is 19.6 Å². The lowest BCUT2D eigenvalue weighted by Gasteiger charge is -2.28. The lowest BCUT2D eigenvalue weighted by Crippen LogP contribution is -2.44. The number of hydrogen-bond acceptors (Lipinski definition) is 5. The highest BCUT2D eigenvalue weighted by Crippen LogP contribution is 2.34. The molecule has 0 spiro atoms. The first-order chi connectivity index (χ1) is 12.0. The molecule has 0 atom stereocenters. The molecule has 1 amide bonds.